The van der Waals surface area contributed by atoms with Crippen LogP contribution in [0.4, 0.5) is 0 Å². The van der Waals surface area contributed by atoms with Crippen LogP contribution in [0.25, 0.3) is 0 Å². The summed E-state index contributed by atoms with van der Waals surface area (Å²) in [5.74, 6) is 0.303. The molecule has 0 bridgehead atoms. The summed E-state index contributed by atoms with van der Waals surface area (Å²) in [5, 5.41) is 0. The van der Waals surface area contributed by atoms with E-state index in [1.807, 2.05) is 11.0 Å². The number of carbonyl (C=O) groups is 1. The van der Waals surface area contributed by atoms with Crippen molar-refractivity contribution in [3.8, 4) is 0 Å². The predicted molar refractivity (Wildman–Crippen MR) is 131 cm³/mol. The first-order valence-electron chi connectivity index (χ1n) is 11.9. The van der Waals surface area contributed by atoms with Crippen LogP contribution in [0.1, 0.15) is 23.6 Å². The van der Waals surface area contributed by atoms with Crippen molar-refractivity contribution in [2.45, 2.75) is 12.5 Å². The third-order valence-corrected chi connectivity index (χ3v) is 6.76. The molecule has 2 aliphatic heterocycles. The van der Waals surface area contributed by atoms with Crippen molar-refractivity contribution in [1.29, 1.82) is 0 Å². The molecule has 0 spiro atoms. The van der Waals surface area contributed by atoms with Gasteiger partial charge in [-0.1, -0.05) is 66.7 Å². The fraction of sp³-hybridized carbons (Fsp3) is 0.444. The number of nitrogens with zero attached hydrogens (tertiary/aromatic N) is 4. The molecule has 32 heavy (non-hydrogen) atoms. The summed E-state index contributed by atoms with van der Waals surface area (Å²) in [7, 11) is 0. The molecule has 2 aliphatic rings. The summed E-state index contributed by atoms with van der Waals surface area (Å²) in [6.07, 6.45) is 2.57. The van der Waals surface area contributed by atoms with Crippen molar-refractivity contribution in [2.24, 2.45) is 0 Å². The molecule has 5 nitrogen and oxygen atoms in total. The summed E-state index contributed by atoms with van der Waals surface area (Å²) in [5.41, 5.74) is 2.69. The quantitative estimate of drug-likeness (QED) is 0.600. The molecule has 2 saturated heterocycles. The summed E-state index contributed by atoms with van der Waals surface area (Å²) < 4.78 is 0. The lowest BCUT2D eigenvalue weighted by Gasteiger charge is -2.40. The van der Waals surface area contributed by atoms with Gasteiger partial charge >= 0.3 is 0 Å². The van der Waals surface area contributed by atoms with Gasteiger partial charge in [0.15, 0.2) is 0 Å². The van der Waals surface area contributed by atoms with Crippen LogP contribution in [0, 0.1) is 0 Å². The van der Waals surface area contributed by atoms with Crippen LogP contribution in [0.15, 0.2) is 73.3 Å². The van der Waals surface area contributed by atoms with E-state index in [1.165, 1.54) is 11.1 Å². The topological polar surface area (TPSA) is 30.0 Å². The van der Waals surface area contributed by atoms with E-state index in [9.17, 15) is 4.79 Å². The van der Waals surface area contributed by atoms with Gasteiger partial charge in [0.2, 0.25) is 5.91 Å². The van der Waals surface area contributed by atoms with Crippen molar-refractivity contribution in [1.82, 2.24) is 19.6 Å². The molecule has 2 heterocycles. The second kappa shape index (κ2) is 11.4. The minimum atomic E-state index is 0.285. The van der Waals surface area contributed by atoms with Gasteiger partial charge in [-0.3, -0.25) is 14.6 Å². The smallest absolute Gasteiger partial charge is 0.223 e. The first kappa shape index (κ1) is 22.7. The van der Waals surface area contributed by atoms with Gasteiger partial charge in [-0.05, 0) is 11.1 Å². The molecule has 2 fully saturated rings. The van der Waals surface area contributed by atoms with Crippen LogP contribution in [0.5, 0.6) is 0 Å². The molecule has 1 amide bonds. The Morgan fingerprint density at radius 2 is 1.31 bits per heavy atom. The molecule has 2 aromatic carbocycles. The van der Waals surface area contributed by atoms with Gasteiger partial charge in [-0.2, -0.15) is 0 Å². The highest BCUT2D eigenvalue weighted by Crippen LogP contribution is 2.29. The Bertz CT molecular complexity index is 801. The third kappa shape index (κ3) is 5.85. The van der Waals surface area contributed by atoms with Gasteiger partial charge in [-0.15, -0.1) is 6.58 Å². The molecule has 0 atom stereocenters. The Morgan fingerprint density at radius 1 is 0.781 bits per heavy atom. The van der Waals surface area contributed by atoms with Crippen LogP contribution in [-0.4, -0.2) is 91.0 Å². The molecule has 4 rings (SSSR count). The average molecular weight is 433 g/mol. The van der Waals surface area contributed by atoms with E-state index < -0.39 is 0 Å². The maximum Gasteiger partial charge on any atom is 0.223 e. The van der Waals surface area contributed by atoms with E-state index in [2.05, 4.69) is 81.9 Å². The average Bonchev–Trinajstić information content (AvgIpc) is 2.85. The lowest BCUT2D eigenvalue weighted by Crippen LogP contribution is -2.50. The third-order valence-electron chi connectivity index (χ3n) is 6.76. The van der Waals surface area contributed by atoms with Crippen LogP contribution in [0.3, 0.4) is 0 Å². The van der Waals surface area contributed by atoms with E-state index in [1.54, 1.807) is 0 Å². The van der Waals surface area contributed by atoms with Gasteiger partial charge in [0.1, 0.15) is 0 Å². The maximum atomic E-state index is 12.7. The number of hydrogen-bond donors (Lipinski definition) is 0. The highest BCUT2D eigenvalue weighted by atomic mass is 16.2. The van der Waals surface area contributed by atoms with Gasteiger partial charge in [0.25, 0.3) is 0 Å². The number of benzene rings is 2. The van der Waals surface area contributed by atoms with E-state index in [-0.39, 0.29) is 6.04 Å². The van der Waals surface area contributed by atoms with Gasteiger partial charge in [0.05, 0.1) is 6.04 Å². The van der Waals surface area contributed by atoms with Crippen LogP contribution in [-0.2, 0) is 4.79 Å². The SMILES string of the molecule is C=CCN1CCN(C(=O)CCN2CCN(C(c3ccccc3)c3ccccc3)CC2)CC1. The predicted octanol–water partition coefficient (Wildman–Crippen LogP) is 3.11. The van der Waals surface area contributed by atoms with Crippen molar-refractivity contribution in [3.05, 3.63) is 84.4 Å². The molecule has 0 aromatic heterocycles. The van der Waals surface area contributed by atoms with E-state index in [4.69, 9.17) is 0 Å². The highest BCUT2D eigenvalue weighted by Gasteiger charge is 2.27. The summed E-state index contributed by atoms with van der Waals surface area (Å²) in [4.78, 5) is 22.1. The largest absolute Gasteiger partial charge is 0.340 e. The van der Waals surface area contributed by atoms with Crippen molar-refractivity contribution in [3.63, 3.8) is 0 Å². The normalized spacial score (nSPS) is 18.7. The van der Waals surface area contributed by atoms with Gasteiger partial charge < -0.3 is 9.80 Å². The van der Waals surface area contributed by atoms with Crippen molar-refractivity contribution < 1.29 is 4.79 Å². The lowest BCUT2D eigenvalue weighted by atomic mass is 9.96. The van der Waals surface area contributed by atoms with E-state index in [0.29, 0.717) is 12.3 Å². The molecule has 2 aromatic rings. The van der Waals surface area contributed by atoms with E-state index >= 15 is 0 Å². The number of amides is 1. The van der Waals surface area contributed by atoms with E-state index in [0.717, 1.165) is 65.4 Å². The molecular weight excluding hydrogens is 396 g/mol. The number of hydrogen-bond acceptors (Lipinski definition) is 4. The Morgan fingerprint density at radius 3 is 1.84 bits per heavy atom. The zero-order chi connectivity index (χ0) is 22.2. The Kier molecular flexibility index (Phi) is 8.10. The Labute approximate surface area is 192 Å². The molecular formula is C27H36N4O. The van der Waals surface area contributed by atoms with Crippen LogP contribution < -0.4 is 0 Å². The lowest BCUT2D eigenvalue weighted by molar-refractivity contribution is -0.133. The fourth-order valence-electron chi connectivity index (χ4n) is 4.90. The van der Waals surface area contributed by atoms with Gasteiger partial charge in [-0.25, -0.2) is 0 Å². The Hall–Kier alpha value is -2.47. The van der Waals surface area contributed by atoms with Gasteiger partial charge in [0, 0.05) is 71.9 Å². The minimum absolute atomic E-state index is 0.285. The summed E-state index contributed by atoms with van der Waals surface area (Å²) in [6, 6.07) is 21.9. The molecule has 170 valence electrons. The van der Waals surface area contributed by atoms with Crippen molar-refractivity contribution >= 4 is 5.91 Å². The van der Waals surface area contributed by atoms with Crippen LogP contribution >= 0.6 is 0 Å². The number of piperazine rings is 2. The van der Waals surface area contributed by atoms with Crippen molar-refractivity contribution in [2.75, 3.05) is 65.4 Å². The minimum Gasteiger partial charge on any atom is -0.340 e. The first-order chi connectivity index (χ1) is 15.7. The summed E-state index contributed by atoms with van der Waals surface area (Å²) >= 11 is 0. The second-order valence-electron chi connectivity index (χ2n) is 8.82. The zero-order valence-electron chi connectivity index (χ0n) is 19.1. The maximum absolute atomic E-state index is 12.7. The fourth-order valence-corrected chi connectivity index (χ4v) is 4.90. The molecule has 0 radical (unpaired) electrons. The molecule has 0 aliphatic carbocycles. The van der Waals surface area contributed by atoms with Crippen LogP contribution in [0.2, 0.25) is 0 Å². The molecule has 0 saturated carbocycles. The zero-order valence-corrected chi connectivity index (χ0v) is 19.1. The monoisotopic (exact) mass is 432 g/mol. The second-order valence-corrected chi connectivity index (χ2v) is 8.82. The molecule has 5 heteroatoms. The first-order valence-corrected chi connectivity index (χ1v) is 11.9. The molecule has 0 N–H and O–H groups in total. The number of rotatable bonds is 8. The highest BCUT2D eigenvalue weighted by molar-refractivity contribution is 5.76. The summed E-state index contributed by atoms with van der Waals surface area (Å²) in [6.45, 7) is 13.2. The molecule has 0 unspecified atom stereocenters. The number of carbonyl (C=O) groups excluding carboxylic acids is 1. The Balaban J connectivity index is 1.28. The standard InChI is InChI=1S/C27H36N4O/c1-2-14-28-16-20-30(21-17-28)26(32)13-15-29-18-22-31(23-19-29)27(24-9-5-3-6-10-24)25-11-7-4-8-12-25/h2-12,27H,1,13-23H2.